The Morgan fingerprint density at radius 2 is 1.96 bits per heavy atom. The summed E-state index contributed by atoms with van der Waals surface area (Å²) in [4.78, 5) is 29.2. The summed E-state index contributed by atoms with van der Waals surface area (Å²) in [6.07, 6.45) is 3.67. The van der Waals surface area contributed by atoms with Gasteiger partial charge in [0.2, 0.25) is 0 Å². The second-order valence-corrected chi connectivity index (χ2v) is 6.92. The first kappa shape index (κ1) is 18.8. The quantitative estimate of drug-likeness (QED) is 0.481. The van der Waals surface area contributed by atoms with E-state index in [2.05, 4.69) is 24.9 Å². The minimum Gasteiger partial charge on any atom is -0.462 e. The van der Waals surface area contributed by atoms with Gasteiger partial charge in [-0.05, 0) is 55.2 Å². The lowest BCUT2D eigenvalue weighted by molar-refractivity contribution is 0.0525. The summed E-state index contributed by atoms with van der Waals surface area (Å²) >= 11 is 0. The van der Waals surface area contributed by atoms with Crippen molar-refractivity contribution in [2.24, 2.45) is 0 Å². The van der Waals surface area contributed by atoms with Gasteiger partial charge in [0.1, 0.15) is 0 Å². The third kappa shape index (κ3) is 3.37. The summed E-state index contributed by atoms with van der Waals surface area (Å²) in [5, 5.41) is 0. The molecule has 0 saturated heterocycles. The average molecular weight is 364 g/mol. The maximum absolute atomic E-state index is 12.4. The average Bonchev–Trinajstić information content (AvgIpc) is 3.04. The van der Waals surface area contributed by atoms with Crippen LogP contribution >= 0.6 is 0 Å². The summed E-state index contributed by atoms with van der Waals surface area (Å²) in [6.45, 7) is 9.55. The molecule has 0 aliphatic rings. The Balaban J connectivity index is 2.29. The molecule has 0 bridgehead atoms. The van der Waals surface area contributed by atoms with Gasteiger partial charge in [0, 0.05) is 30.6 Å². The zero-order chi connectivity index (χ0) is 19.7. The summed E-state index contributed by atoms with van der Waals surface area (Å²) in [7, 11) is 0. The number of ether oxygens (including phenoxy) is 1. The predicted molar refractivity (Wildman–Crippen MR) is 105 cm³/mol. The van der Waals surface area contributed by atoms with E-state index in [-0.39, 0.29) is 12.4 Å². The second-order valence-electron chi connectivity index (χ2n) is 6.92. The molecule has 0 amide bonds. The molecule has 5 heteroatoms. The highest BCUT2D eigenvalue weighted by molar-refractivity contribution is 6.02. The topological polar surface area (TPSA) is 60.7 Å². The van der Waals surface area contributed by atoms with E-state index in [9.17, 15) is 9.59 Å². The third-order valence-electron chi connectivity index (χ3n) is 4.72. The van der Waals surface area contributed by atoms with Gasteiger partial charge >= 0.3 is 5.97 Å². The van der Waals surface area contributed by atoms with E-state index in [1.54, 1.807) is 20.0 Å². The lowest BCUT2D eigenvalue weighted by atomic mass is 10.0. The number of pyridine rings is 2. The molecular formula is C22H24N2O3. The standard InChI is InChI=1S/C22H24N2O3/c1-6-27-22(26)18-12-20-17(16-7-9-23-19(11-16)13(2)3)8-10-24(20)21(14(18)4)15(5)25/h7-13H,6H2,1-5H3. The smallest absolute Gasteiger partial charge is 0.338 e. The van der Waals surface area contributed by atoms with Crippen molar-refractivity contribution in [2.45, 2.75) is 40.5 Å². The van der Waals surface area contributed by atoms with Crippen LogP contribution in [0.25, 0.3) is 16.6 Å². The molecule has 0 N–H and O–H groups in total. The fourth-order valence-electron chi connectivity index (χ4n) is 3.37. The molecule has 0 saturated carbocycles. The van der Waals surface area contributed by atoms with Crippen LogP contribution in [0.4, 0.5) is 0 Å². The van der Waals surface area contributed by atoms with Crippen LogP contribution in [-0.4, -0.2) is 27.7 Å². The van der Waals surface area contributed by atoms with E-state index in [0.29, 0.717) is 22.7 Å². The highest BCUT2D eigenvalue weighted by Crippen LogP contribution is 2.31. The normalized spacial score (nSPS) is 11.2. The molecule has 3 aromatic rings. The molecule has 0 spiro atoms. The van der Waals surface area contributed by atoms with Crippen LogP contribution in [0, 0.1) is 6.92 Å². The SMILES string of the molecule is CCOC(=O)c1cc2c(-c3ccnc(C(C)C)c3)ccn2c(C(C)=O)c1C. The minimum absolute atomic E-state index is 0.0941. The molecule has 27 heavy (non-hydrogen) atoms. The number of rotatable bonds is 5. The van der Waals surface area contributed by atoms with Crippen molar-refractivity contribution < 1.29 is 14.3 Å². The Morgan fingerprint density at radius 1 is 1.22 bits per heavy atom. The van der Waals surface area contributed by atoms with Gasteiger partial charge in [-0.2, -0.15) is 0 Å². The van der Waals surface area contributed by atoms with E-state index in [4.69, 9.17) is 4.74 Å². The maximum Gasteiger partial charge on any atom is 0.338 e. The molecule has 0 aliphatic heterocycles. The minimum atomic E-state index is -0.412. The van der Waals surface area contributed by atoms with E-state index in [1.165, 1.54) is 6.92 Å². The monoisotopic (exact) mass is 364 g/mol. The van der Waals surface area contributed by atoms with Crippen molar-refractivity contribution in [3.63, 3.8) is 0 Å². The Bertz CT molecular complexity index is 1030. The number of hydrogen-bond acceptors (Lipinski definition) is 4. The van der Waals surface area contributed by atoms with Crippen LogP contribution in [0.5, 0.6) is 0 Å². The van der Waals surface area contributed by atoms with Crippen LogP contribution in [-0.2, 0) is 4.74 Å². The van der Waals surface area contributed by atoms with Crippen molar-refractivity contribution in [3.05, 3.63) is 59.2 Å². The Hall–Kier alpha value is -2.95. The van der Waals surface area contributed by atoms with Crippen molar-refractivity contribution in [1.29, 1.82) is 0 Å². The summed E-state index contributed by atoms with van der Waals surface area (Å²) < 4.78 is 7.05. The first-order valence-electron chi connectivity index (χ1n) is 9.14. The number of carbonyl (C=O) groups is 2. The zero-order valence-electron chi connectivity index (χ0n) is 16.4. The summed E-state index contributed by atoms with van der Waals surface area (Å²) in [6, 6.07) is 7.77. The molecular weight excluding hydrogens is 340 g/mol. The fraction of sp³-hybridized carbons (Fsp3) is 0.318. The first-order chi connectivity index (χ1) is 12.8. The molecule has 3 aromatic heterocycles. The van der Waals surface area contributed by atoms with Crippen LogP contribution in [0.1, 0.15) is 65.7 Å². The Labute approximate surface area is 159 Å². The molecule has 5 nitrogen and oxygen atoms in total. The van der Waals surface area contributed by atoms with Crippen LogP contribution in [0.2, 0.25) is 0 Å². The number of ketones is 1. The number of carbonyl (C=O) groups excluding carboxylic acids is 2. The van der Waals surface area contributed by atoms with Crippen molar-refractivity contribution in [1.82, 2.24) is 9.38 Å². The number of hydrogen-bond donors (Lipinski definition) is 0. The van der Waals surface area contributed by atoms with Gasteiger partial charge in [0.15, 0.2) is 5.78 Å². The predicted octanol–water partition coefficient (Wildman–Crippen LogP) is 4.81. The zero-order valence-corrected chi connectivity index (χ0v) is 16.4. The van der Waals surface area contributed by atoms with E-state index in [1.807, 2.05) is 28.8 Å². The number of fused-ring (bicyclic) bond motifs is 1. The van der Waals surface area contributed by atoms with Gasteiger partial charge < -0.3 is 9.14 Å². The van der Waals surface area contributed by atoms with E-state index in [0.717, 1.165) is 22.3 Å². The van der Waals surface area contributed by atoms with Crippen molar-refractivity contribution >= 4 is 17.3 Å². The lowest BCUT2D eigenvalue weighted by Crippen LogP contribution is -2.13. The molecule has 0 aromatic carbocycles. The highest BCUT2D eigenvalue weighted by atomic mass is 16.5. The lowest BCUT2D eigenvalue weighted by Gasteiger charge is -2.13. The molecule has 0 fully saturated rings. The molecule has 3 heterocycles. The maximum atomic E-state index is 12.4. The van der Waals surface area contributed by atoms with Crippen LogP contribution < -0.4 is 0 Å². The van der Waals surface area contributed by atoms with Gasteiger partial charge in [-0.25, -0.2) is 4.79 Å². The Morgan fingerprint density at radius 3 is 2.59 bits per heavy atom. The van der Waals surface area contributed by atoms with Crippen LogP contribution in [0.3, 0.4) is 0 Å². The molecule has 0 radical (unpaired) electrons. The number of Topliss-reactive ketones (excluding diaryl/α,β-unsaturated/α-hetero) is 1. The molecule has 3 rings (SSSR count). The third-order valence-corrected chi connectivity index (χ3v) is 4.72. The van der Waals surface area contributed by atoms with Gasteiger partial charge in [0.05, 0.1) is 23.4 Å². The van der Waals surface area contributed by atoms with Gasteiger partial charge in [0.25, 0.3) is 0 Å². The highest BCUT2D eigenvalue weighted by Gasteiger charge is 2.21. The summed E-state index contributed by atoms with van der Waals surface area (Å²) in [5.41, 5.74) is 5.31. The Kier molecular flexibility index (Phi) is 5.13. The van der Waals surface area contributed by atoms with Crippen molar-refractivity contribution in [2.75, 3.05) is 6.61 Å². The van der Waals surface area contributed by atoms with Crippen molar-refractivity contribution in [3.8, 4) is 11.1 Å². The van der Waals surface area contributed by atoms with E-state index >= 15 is 0 Å². The number of nitrogens with zero attached hydrogens (tertiary/aromatic N) is 2. The molecule has 0 atom stereocenters. The van der Waals surface area contributed by atoms with Gasteiger partial charge in [-0.1, -0.05) is 13.8 Å². The van der Waals surface area contributed by atoms with E-state index < -0.39 is 5.97 Å². The van der Waals surface area contributed by atoms with Gasteiger partial charge in [-0.15, -0.1) is 0 Å². The molecule has 0 unspecified atom stereocenters. The molecule has 140 valence electrons. The number of aromatic nitrogens is 2. The largest absolute Gasteiger partial charge is 0.462 e. The number of esters is 1. The van der Waals surface area contributed by atoms with Crippen LogP contribution in [0.15, 0.2) is 36.7 Å². The summed E-state index contributed by atoms with van der Waals surface area (Å²) in [5.74, 6) is -0.197. The molecule has 0 aliphatic carbocycles. The fourth-order valence-corrected chi connectivity index (χ4v) is 3.37. The first-order valence-corrected chi connectivity index (χ1v) is 9.14. The van der Waals surface area contributed by atoms with Gasteiger partial charge in [-0.3, -0.25) is 9.78 Å². The second kappa shape index (κ2) is 7.35.